The van der Waals surface area contributed by atoms with Crippen LogP contribution in [0, 0.1) is 5.82 Å². The number of anilines is 2. The number of benzene rings is 2. The molecule has 0 aliphatic rings. The molecule has 31 heavy (non-hydrogen) atoms. The maximum atomic E-state index is 13.1. The largest absolute Gasteiger partial charge is 0.322 e. The Kier molecular flexibility index (Phi) is 7.64. The van der Waals surface area contributed by atoms with Gasteiger partial charge in [-0.15, -0.1) is 11.8 Å². The maximum Gasteiger partial charge on any atom is 0.258 e. The van der Waals surface area contributed by atoms with Gasteiger partial charge in [0.2, 0.25) is 10.0 Å². The number of sulfonamides is 1. The SMILES string of the molecule is CCCS(=O)(=O)Nc1ccc(NC(=O)c2cccnc2SCc2ccc(F)cc2)cc1. The van der Waals surface area contributed by atoms with Gasteiger partial charge in [-0.2, -0.15) is 0 Å². The van der Waals surface area contributed by atoms with Gasteiger partial charge in [-0.1, -0.05) is 19.1 Å². The van der Waals surface area contributed by atoms with Crippen LogP contribution in [0.25, 0.3) is 0 Å². The number of carbonyl (C=O) groups excluding carboxylic acids is 1. The second-order valence-electron chi connectivity index (χ2n) is 6.72. The maximum absolute atomic E-state index is 13.1. The lowest BCUT2D eigenvalue weighted by Crippen LogP contribution is -2.16. The molecule has 9 heteroatoms. The molecule has 2 N–H and O–H groups in total. The van der Waals surface area contributed by atoms with Crippen molar-refractivity contribution in [1.29, 1.82) is 0 Å². The van der Waals surface area contributed by atoms with Crippen molar-refractivity contribution in [2.75, 3.05) is 15.8 Å². The van der Waals surface area contributed by atoms with Crippen LogP contribution in [0.15, 0.2) is 71.9 Å². The fourth-order valence-corrected chi connectivity index (χ4v) is 4.81. The molecule has 3 aromatic rings. The first-order valence-corrected chi connectivity index (χ1v) is 12.2. The van der Waals surface area contributed by atoms with E-state index in [9.17, 15) is 17.6 Å². The second kappa shape index (κ2) is 10.4. The summed E-state index contributed by atoms with van der Waals surface area (Å²) >= 11 is 1.39. The van der Waals surface area contributed by atoms with Crippen molar-refractivity contribution >= 4 is 39.1 Å². The third-order valence-corrected chi connectivity index (χ3v) is 6.76. The van der Waals surface area contributed by atoms with Crippen LogP contribution in [-0.2, 0) is 15.8 Å². The van der Waals surface area contributed by atoms with E-state index in [0.717, 1.165) is 5.56 Å². The Labute approximate surface area is 185 Å². The van der Waals surface area contributed by atoms with Gasteiger partial charge in [-0.25, -0.2) is 17.8 Å². The van der Waals surface area contributed by atoms with Crippen molar-refractivity contribution < 1.29 is 17.6 Å². The Hall–Kier alpha value is -2.91. The van der Waals surface area contributed by atoms with Crippen LogP contribution < -0.4 is 10.0 Å². The van der Waals surface area contributed by atoms with Gasteiger partial charge in [0.1, 0.15) is 10.8 Å². The number of nitrogens with one attached hydrogen (secondary N) is 2. The van der Waals surface area contributed by atoms with Gasteiger partial charge in [0.25, 0.3) is 5.91 Å². The number of pyridine rings is 1. The Bertz CT molecular complexity index is 1140. The molecule has 162 valence electrons. The van der Waals surface area contributed by atoms with Crippen LogP contribution in [0.5, 0.6) is 0 Å². The first-order chi connectivity index (χ1) is 14.9. The number of nitrogens with zero attached hydrogens (tertiary/aromatic N) is 1. The molecule has 0 radical (unpaired) electrons. The molecule has 0 atom stereocenters. The summed E-state index contributed by atoms with van der Waals surface area (Å²) in [5, 5.41) is 3.36. The highest BCUT2D eigenvalue weighted by atomic mass is 32.2. The quantitative estimate of drug-likeness (QED) is 0.444. The first kappa shape index (κ1) is 22.8. The number of hydrogen-bond donors (Lipinski definition) is 2. The fourth-order valence-electron chi connectivity index (χ4n) is 2.73. The molecule has 0 aliphatic carbocycles. The molecule has 1 heterocycles. The summed E-state index contributed by atoms with van der Waals surface area (Å²) in [4.78, 5) is 17.1. The van der Waals surface area contributed by atoms with E-state index in [1.807, 2.05) is 0 Å². The zero-order valence-electron chi connectivity index (χ0n) is 16.8. The average Bonchev–Trinajstić information content (AvgIpc) is 2.74. The molecule has 0 saturated carbocycles. The number of hydrogen-bond acceptors (Lipinski definition) is 5. The number of thioether (sulfide) groups is 1. The minimum Gasteiger partial charge on any atom is -0.322 e. The summed E-state index contributed by atoms with van der Waals surface area (Å²) in [5.41, 5.74) is 2.30. The van der Waals surface area contributed by atoms with Crippen molar-refractivity contribution in [2.45, 2.75) is 24.1 Å². The van der Waals surface area contributed by atoms with E-state index in [0.29, 0.717) is 34.1 Å². The molecular formula is C22H22FN3O3S2. The summed E-state index contributed by atoms with van der Waals surface area (Å²) in [6.45, 7) is 1.79. The van der Waals surface area contributed by atoms with Gasteiger partial charge < -0.3 is 5.32 Å². The Morgan fingerprint density at radius 2 is 1.71 bits per heavy atom. The molecule has 2 aromatic carbocycles. The van der Waals surface area contributed by atoms with Gasteiger partial charge in [-0.3, -0.25) is 9.52 Å². The first-order valence-electron chi connectivity index (χ1n) is 9.60. The highest BCUT2D eigenvalue weighted by Gasteiger charge is 2.14. The van der Waals surface area contributed by atoms with Crippen molar-refractivity contribution in [1.82, 2.24) is 4.98 Å². The lowest BCUT2D eigenvalue weighted by atomic mass is 10.2. The van der Waals surface area contributed by atoms with E-state index in [1.54, 1.807) is 61.7 Å². The standard InChI is InChI=1S/C22H22FN3O3S2/c1-2-14-31(28,29)26-19-11-9-18(10-12-19)25-21(27)20-4-3-13-24-22(20)30-15-16-5-7-17(23)8-6-16/h3-13,26H,2,14-15H2,1H3,(H,25,27). The van der Waals surface area contributed by atoms with Crippen LogP contribution in [0.1, 0.15) is 29.3 Å². The van der Waals surface area contributed by atoms with Crippen LogP contribution in [-0.4, -0.2) is 25.1 Å². The van der Waals surface area contributed by atoms with E-state index in [4.69, 9.17) is 0 Å². The third-order valence-electron chi connectivity index (χ3n) is 4.19. The smallest absolute Gasteiger partial charge is 0.258 e. The average molecular weight is 460 g/mol. The monoisotopic (exact) mass is 459 g/mol. The number of halogens is 1. The number of carbonyl (C=O) groups is 1. The third kappa shape index (κ3) is 6.80. The van der Waals surface area contributed by atoms with E-state index < -0.39 is 10.0 Å². The molecule has 1 amide bonds. The van der Waals surface area contributed by atoms with Gasteiger partial charge in [-0.05, 0) is 60.5 Å². The Morgan fingerprint density at radius 1 is 1.03 bits per heavy atom. The summed E-state index contributed by atoms with van der Waals surface area (Å²) < 4.78 is 39.3. The van der Waals surface area contributed by atoms with Crippen molar-refractivity contribution in [2.24, 2.45) is 0 Å². The lowest BCUT2D eigenvalue weighted by molar-refractivity contribution is 0.102. The lowest BCUT2D eigenvalue weighted by Gasteiger charge is -2.11. The van der Waals surface area contributed by atoms with Gasteiger partial charge in [0.05, 0.1) is 11.3 Å². The summed E-state index contributed by atoms with van der Waals surface area (Å²) in [5.74, 6) is -0.0282. The fraction of sp³-hybridized carbons (Fsp3) is 0.182. The highest BCUT2D eigenvalue weighted by molar-refractivity contribution is 7.98. The molecule has 0 unspecified atom stereocenters. The van der Waals surface area contributed by atoms with E-state index in [1.165, 1.54) is 23.9 Å². The molecule has 0 aliphatic heterocycles. The Balaban J connectivity index is 1.66. The number of aromatic nitrogens is 1. The van der Waals surface area contributed by atoms with E-state index in [2.05, 4.69) is 15.0 Å². The van der Waals surface area contributed by atoms with Crippen LogP contribution in [0.2, 0.25) is 0 Å². The van der Waals surface area contributed by atoms with Gasteiger partial charge in [0.15, 0.2) is 0 Å². The molecule has 0 spiro atoms. The van der Waals surface area contributed by atoms with Crippen LogP contribution in [0.4, 0.5) is 15.8 Å². The molecule has 0 saturated heterocycles. The molecule has 0 fully saturated rings. The zero-order valence-corrected chi connectivity index (χ0v) is 18.5. The minimum absolute atomic E-state index is 0.0465. The molecule has 3 rings (SSSR count). The molecule has 1 aromatic heterocycles. The normalized spacial score (nSPS) is 11.2. The predicted molar refractivity (Wildman–Crippen MR) is 122 cm³/mol. The molecule has 6 nitrogen and oxygen atoms in total. The van der Waals surface area contributed by atoms with E-state index in [-0.39, 0.29) is 17.5 Å². The van der Waals surface area contributed by atoms with Crippen molar-refractivity contribution in [3.63, 3.8) is 0 Å². The minimum atomic E-state index is -3.37. The summed E-state index contributed by atoms with van der Waals surface area (Å²) in [7, 11) is -3.37. The molecular weight excluding hydrogens is 437 g/mol. The summed E-state index contributed by atoms with van der Waals surface area (Å²) in [6.07, 6.45) is 2.14. The second-order valence-corrected chi connectivity index (χ2v) is 9.53. The van der Waals surface area contributed by atoms with Crippen molar-refractivity contribution in [3.8, 4) is 0 Å². The molecule has 0 bridgehead atoms. The summed E-state index contributed by atoms with van der Waals surface area (Å²) in [6, 6.07) is 16.0. The Morgan fingerprint density at radius 3 is 2.39 bits per heavy atom. The van der Waals surface area contributed by atoms with E-state index >= 15 is 0 Å². The number of amides is 1. The van der Waals surface area contributed by atoms with Crippen LogP contribution >= 0.6 is 11.8 Å². The highest BCUT2D eigenvalue weighted by Crippen LogP contribution is 2.25. The van der Waals surface area contributed by atoms with Gasteiger partial charge in [0, 0.05) is 23.3 Å². The van der Waals surface area contributed by atoms with Gasteiger partial charge >= 0.3 is 0 Å². The van der Waals surface area contributed by atoms with Crippen LogP contribution in [0.3, 0.4) is 0 Å². The zero-order chi connectivity index (χ0) is 22.3. The van der Waals surface area contributed by atoms with Crippen molar-refractivity contribution in [3.05, 3.63) is 83.8 Å². The number of rotatable bonds is 9. The predicted octanol–water partition coefficient (Wildman–Crippen LogP) is 4.92. The topological polar surface area (TPSA) is 88.2 Å².